The molecule has 1 fully saturated rings. The second-order valence-corrected chi connectivity index (χ2v) is 8.67. The average molecular weight is 490 g/mol. The Morgan fingerprint density at radius 3 is 2.58 bits per heavy atom. The van der Waals surface area contributed by atoms with E-state index in [0.29, 0.717) is 12.5 Å². The molecule has 1 aromatic heterocycles. The molecule has 0 aliphatic carbocycles. The van der Waals surface area contributed by atoms with Crippen LogP contribution in [0.4, 0.5) is 8.78 Å². The predicted octanol–water partition coefficient (Wildman–Crippen LogP) is 5.02. The number of rotatable bonds is 6. The number of halogens is 3. The molecular formula is C23H22BrF2N3O2. The van der Waals surface area contributed by atoms with Crippen molar-refractivity contribution in [2.75, 3.05) is 19.6 Å². The molecule has 2 aromatic carbocycles. The molecule has 0 saturated carbocycles. The van der Waals surface area contributed by atoms with E-state index in [1.54, 1.807) is 0 Å². The Labute approximate surface area is 187 Å². The van der Waals surface area contributed by atoms with Crippen LogP contribution in [0.15, 0.2) is 57.5 Å². The summed E-state index contributed by atoms with van der Waals surface area (Å²) < 4.78 is 33.1. The number of carbonyl (C=O) groups excluding carboxylic acids is 1. The van der Waals surface area contributed by atoms with Crippen molar-refractivity contribution in [2.24, 2.45) is 5.92 Å². The molecule has 0 spiro atoms. The van der Waals surface area contributed by atoms with Crippen molar-refractivity contribution in [1.82, 2.24) is 15.4 Å². The maximum atomic E-state index is 13.9. The minimum atomic E-state index is -0.766. The Kier molecular flexibility index (Phi) is 6.77. The highest BCUT2D eigenvalue weighted by molar-refractivity contribution is 9.10. The largest absolute Gasteiger partial charge is 0.355 e. The van der Waals surface area contributed by atoms with Gasteiger partial charge >= 0.3 is 0 Å². The Balaban J connectivity index is 1.25. The van der Waals surface area contributed by atoms with Gasteiger partial charge in [-0.1, -0.05) is 33.2 Å². The van der Waals surface area contributed by atoms with Crippen molar-refractivity contribution in [2.45, 2.75) is 19.4 Å². The molecule has 2 heterocycles. The minimum Gasteiger partial charge on any atom is -0.355 e. The van der Waals surface area contributed by atoms with Gasteiger partial charge in [0, 0.05) is 29.7 Å². The van der Waals surface area contributed by atoms with Gasteiger partial charge in [-0.3, -0.25) is 9.69 Å². The minimum absolute atomic E-state index is 0.0612. The van der Waals surface area contributed by atoms with Gasteiger partial charge in [-0.15, -0.1) is 0 Å². The van der Waals surface area contributed by atoms with Crippen LogP contribution in [-0.4, -0.2) is 35.6 Å². The molecule has 0 bridgehead atoms. The van der Waals surface area contributed by atoms with Crippen molar-refractivity contribution >= 4 is 21.8 Å². The van der Waals surface area contributed by atoms with Crippen LogP contribution < -0.4 is 5.32 Å². The maximum absolute atomic E-state index is 13.9. The van der Waals surface area contributed by atoms with Gasteiger partial charge < -0.3 is 9.84 Å². The lowest BCUT2D eigenvalue weighted by Crippen LogP contribution is -2.38. The quantitative estimate of drug-likeness (QED) is 0.527. The third-order valence-electron chi connectivity index (χ3n) is 5.52. The van der Waals surface area contributed by atoms with Crippen LogP contribution in [0.2, 0.25) is 0 Å². The number of benzene rings is 2. The van der Waals surface area contributed by atoms with E-state index in [4.69, 9.17) is 4.52 Å². The number of nitrogens with zero attached hydrogens (tertiary/aromatic N) is 2. The summed E-state index contributed by atoms with van der Waals surface area (Å²) in [6.07, 6.45) is 2.00. The molecule has 1 amide bonds. The summed E-state index contributed by atoms with van der Waals surface area (Å²) in [5.41, 5.74) is 1.42. The van der Waals surface area contributed by atoms with E-state index in [1.807, 2.05) is 0 Å². The van der Waals surface area contributed by atoms with Gasteiger partial charge in [0.05, 0.1) is 5.56 Å². The highest BCUT2D eigenvalue weighted by atomic mass is 79.9. The number of carbonyl (C=O) groups is 1. The monoisotopic (exact) mass is 489 g/mol. The van der Waals surface area contributed by atoms with Crippen molar-refractivity contribution in [1.29, 1.82) is 0 Å². The summed E-state index contributed by atoms with van der Waals surface area (Å²) in [6.45, 7) is 3.44. The Hall–Kier alpha value is -2.58. The van der Waals surface area contributed by atoms with Gasteiger partial charge in [0.25, 0.3) is 5.91 Å². The van der Waals surface area contributed by atoms with Gasteiger partial charge in [0.1, 0.15) is 11.6 Å². The van der Waals surface area contributed by atoms with E-state index in [0.717, 1.165) is 49.1 Å². The third-order valence-corrected chi connectivity index (χ3v) is 6.05. The molecule has 1 aliphatic heterocycles. The molecule has 3 aromatic rings. The van der Waals surface area contributed by atoms with E-state index in [-0.39, 0.29) is 22.9 Å². The molecule has 4 rings (SSSR count). The highest BCUT2D eigenvalue weighted by Crippen LogP contribution is 2.24. The fourth-order valence-electron chi connectivity index (χ4n) is 3.72. The molecule has 162 valence electrons. The molecule has 1 N–H and O–H groups in total. The number of aromatic nitrogens is 1. The van der Waals surface area contributed by atoms with E-state index >= 15 is 0 Å². The predicted molar refractivity (Wildman–Crippen MR) is 116 cm³/mol. The average Bonchev–Trinajstić information content (AvgIpc) is 3.25. The first-order valence-corrected chi connectivity index (χ1v) is 10.9. The first kappa shape index (κ1) is 21.6. The topological polar surface area (TPSA) is 58.4 Å². The first-order valence-electron chi connectivity index (χ1n) is 10.1. The van der Waals surface area contributed by atoms with E-state index in [9.17, 15) is 13.6 Å². The molecule has 0 radical (unpaired) electrons. The lowest BCUT2D eigenvalue weighted by molar-refractivity contribution is 0.0926. The van der Waals surface area contributed by atoms with Crippen LogP contribution >= 0.6 is 15.9 Å². The highest BCUT2D eigenvalue weighted by Gasteiger charge is 2.21. The number of nitrogens with one attached hydrogen (secondary N) is 1. The first-order chi connectivity index (χ1) is 15.0. The lowest BCUT2D eigenvalue weighted by atomic mass is 9.96. The van der Waals surface area contributed by atoms with E-state index in [2.05, 4.69) is 55.6 Å². The molecule has 8 heteroatoms. The van der Waals surface area contributed by atoms with Crippen LogP contribution in [0, 0.1) is 17.6 Å². The number of hydrogen-bond acceptors (Lipinski definition) is 4. The van der Waals surface area contributed by atoms with Crippen LogP contribution in [-0.2, 0) is 6.54 Å². The standard InChI is InChI=1S/C23H22BrF2N3O2/c24-17-3-1-16(2-4-17)14-29-9-7-15(8-10-29)13-27-23(30)21-12-22(31-28-21)19-6-5-18(25)11-20(19)26/h1-6,11-12,15H,7-10,13-14H2,(H,27,30). The summed E-state index contributed by atoms with van der Waals surface area (Å²) in [5, 5.41) is 6.61. The second-order valence-electron chi connectivity index (χ2n) is 7.76. The molecule has 0 atom stereocenters. The molecule has 31 heavy (non-hydrogen) atoms. The van der Waals surface area contributed by atoms with Gasteiger partial charge in [-0.2, -0.15) is 0 Å². The van der Waals surface area contributed by atoms with Crippen molar-refractivity contribution < 1.29 is 18.1 Å². The fourth-order valence-corrected chi connectivity index (χ4v) is 3.99. The summed E-state index contributed by atoms with van der Waals surface area (Å²) in [6, 6.07) is 12.9. The van der Waals surface area contributed by atoms with Crippen molar-refractivity contribution in [3.8, 4) is 11.3 Å². The summed E-state index contributed by atoms with van der Waals surface area (Å²) in [7, 11) is 0. The maximum Gasteiger partial charge on any atom is 0.273 e. The SMILES string of the molecule is O=C(NCC1CCN(Cc2ccc(Br)cc2)CC1)c1cc(-c2ccc(F)cc2F)on1. The van der Waals surface area contributed by atoms with Crippen molar-refractivity contribution in [3.05, 3.63) is 75.9 Å². The molecule has 1 aliphatic rings. The summed E-state index contributed by atoms with van der Waals surface area (Å²) in [5.74, 6) is -1.33. The van der Waals surface area contributed by atoms with E-state index in [1.165, 1.54) is 17.7 Å². The van der Waals surface area contributed by atoms with E-state index < -0.39 is 11.6 Å². The van der Waals surface area contributed by atoms with Crippen LogP contribution in [0.1, 0.15) is 28.9 Å². The van der Waals surface area contributed by atoms with Crippen LogP contribution in [0.5, 0.6) is 0 Å². The summed E-state index contributed by atoms with van der Waals surface area (Å²) in [4.78, 5) is 14.8. The normalized spacial score (nSPS) is 15.2. The zero-order valence-corrected chi connectivity index (χ0v) is 18.4. The molecule has 1 saturated heterocycles. The molecule has 5 nitrogen and oxygen atoms in total. The number of hydrogen-bond donors (Lipinski definition) is 1. The van der Waals surface area contributed by atoms with Gasteiger partial charge in [0.15, 0.2) is 11.5 Å². The Morgan fingerprint density at radius 2 is 1.87 bits per heavy atom. The van der Waals surface area contributed by atoms with Crippen LogP contribution in [0.25, 0.3) is 11.3 Å². The molecule has 0 unspecified atom stereocenters. The molecular weight excluding hydrogens is 468 g/mol. The number of likely N-dealkylation sites (tertiary alicyclic amines) is 1. The zero-order chi connectivity index (χ0) is 21.8. The van der Waals surface area contributed by atoms with Gasteiger partial charge in [0.2, 0.25) is 0 Å². The van der Waals surface area contributed by atoms with Crippen molar-refractivity contribution in [3.63, 3.8) is 0 Å². The third kappa shape index (κ3) is 5.57. The smallest absolute Gasteiger partial charge is 0.273 e. The fraction of sp³-hybridized carbons (Fsp3) is 0.304. The summed E-state index contributed by atoms with van der Waals surface area (Å²) >= 11 is 3.45. The second kappa shape index (κ2) is 9.70. The number of piperidine rings is 1. The Bertz CT molecular complexity index is 1050. The lowest BCUT2D eigenvalue weighted by Gasteiger charge is -2.32. The van der Waals surface area contributed by atoms with Gasteiger partial charge in [-0.25, -0.2) is 8.78 Å². The van der Waals surface area contributed by atoms with Gasteiger partial charge in [-0.05, 0) is 61.7 Å². The number of amides is 1. The van der Waals surface area contributed by atoms with Crippen LogP contribution in [0.3, 0.4) is 0 Å². The Morgan fingerprint density at radius 1 is 1.13 bits per heavy atom. The zero-order valence-electron chi connectivity index (χ0n) is 16.8.